The highest BCUT2D eigenvalue weighted by Gasteiger charge is 2.33. The Labute approximate surface area is 154 Å². The predicted octanol–water partition coefficient (Wildman–Crippen LogP) is -2.72. The number of fused-ring (bicyclic) bond motifs is 3. The summed E-state index contributed by atoms with van der Waals surface area (Å²) in [5.41, 5.74) is 0.912. The summed E-state index contributed by atoms with van der Waals surface area (Å²) < 4.78 is 18.8. The highest BCUT2D eigenvalue weighted by Crippen LogP contribution is 2.28. The van der Waals surface area contributed by atoms with Crippen molar-refractivity contribution in [1.29, 1.82) is 0 Å². The maximum absolute atomic E-state index is 13.0. The lowest BCUT2D eigenvalue weighted by atomic mass is 9.84. The summed E-state index contributed by atoms with van der Waals surface area (Å²) in [6, 6.07) is 11.0. The summed E-state index contributed by atoms with van der Waals surface area (Å²) in [6.45, 7) is 4.45. The van der Waals surface area contributed by atoms with Crippen LogP contribution in [0.4, 0.5) is 4.39 Å². The van der Waals surface area contributed by atoms with E-state index in [1.54, 1.807) is 12.1 Å². The fourth-order valence-corrected chi connectivity index (χ4v) is 3.67. The maximum Gasteiger partial charge on any atom is 0.134 e. The molecule has 2 aromatic rings. The van der Waals surface area contributed by atoms with Crippen molar-refractivity contribution in [3.63, 3.8) is 0 Å². The molecule has 0 aliphatic carbocycles. The Hall–Kier alpha value is -1.07. The molecule has 5 rings (SSSR count). The molecule has 0 saturated carbocycles. The molecule has 6 heteroatoms. The van der Waals surface area contributed by atoms with Gasteiger partial charge in [0, 0.05) is 18.2 Å². The first-order chi connectivity index (χ1) is 10.8. The third-order valence-corrected chi connectivity index (χ3v) is 4.99. The number of halogens is 3. The number of piperidine rings is 3. The van der Waals surface area contributed by atoms with E-state index in [9.17, 15) is 4.39 Å². The van der Waals surface area contributed by atoms with Gasteiger partial charge >= 0.3 is 0 Å². The van der Waals surface area contributed by atoms with E-state index in [2.05, 4.69) is 10.2 Å². The first-order valence-corrected chi connectivity index (χ1v) is 8.08. The van der Waals surface area contributed by atoms with Gasteiger partial charge in [-0.3, -0.25) is 0 Å². The van der Waals surface area contributed by atoms with E-state index in [1.807, 2.05) is 12.1 Å². The van der Waals surface area contributed by atoms with E-state index in [4.69, 9.17) is 4.42 Å². The van der Waals surface area contributed by atoms with Crippen LogP contribution in [0.15, 0.2) is 40.8 Å². The van der Waals surface area contributed by atoms with Crippen LogP contribution in [-0.4, -0.2) is 30.6 Å². The second-order valence-corrected chi connectivity index (χ2v) is 6.40. The lowest BCUT2D eigenvalue weighted by Gasteiger charge is -2.45. The van der Waals surface area contributed by atoms with Crippen molar-refractivity contribution in [3.05, 3.63) is 48.0 Å². The van der Waals surface area contributed by atoms with E-state index < -0.39 is 0 Å². The lowest BCUT2D eigenvalue weighted by molar-refractivity contribution is -0.001000. The van der Waals surface area contributed by atoms with E-state index in [0.717, 1.165) is 36.1 Å². The van der Waals surface area contributed by atoms with Crippen molar-refractivity contribution < 1.29 is 33.6 Å². The molecule has 3 nitrogen and oxygen atoms in total. The second kappa shape index (κ2) is 8.34. The van der Waals surface area contributed by atoms with Gasteiger partial charge < -0.3 is 39.4 Å². The quantitative estimate of drug-likeness (QED) is 0.633. The van der Waals surface area contributed by atoms with E-state index in [-0.39, 0.29) is 30.6 Å². The van der Waals surface area contributed by atoms with Crippen molar-refractivity contribution in [3.8, 4) is 11.3 Å². The third-order valence-electron chi connectivity index (χ3n) is 4.99. The largest absolute Gasteiger partial charge is 1.00 e. The van der Waals surface area contributed by atoms with Gasteiger partial charge in [0.15, 0.2) is 0 Å². The Morgan fingerprint density at radius 1 is 1.04 bits per heavy atom. The first-order valence-electron chi connectivity index (χ1n) is 8.08. The summed E-state index contributed by atoms with van der Waals surface area (Å²) in [4.78, 5) is 2.55. The molecule has 2 bridgehead atoms. The normalized spacial score (nSPS) is 25.0. The third kappa shape index (κ3) is 4.12. The van der Waals surface area contributed by atoms with Gasteiger partial charge in [0.05, 0.1) is 6.54 Å². The van der Waals surface area contributed by atoms with Crippen molar-refractivity contribution in [2.75, 3.05) is 19.6 Å². The van der Waals surface area contributed by atoms with Crippen molar-refractivity contribution in [2.45, 2.75) is 25.4 Å². The lowest BCUT2D eigenvalue weighted by Crippen LogP contribution is -3.00. The molecule has 0 radical (unpaired) electrons. The van der Waals surface area contributed by atoms with Crippen LogP contribution in [0, 0.1) is 11.7 Å². The zero-order valence-electron chi connectivity index (χ0n) is 13.4. The van der Waals surface area contributed by atoms with E-state index in [0.29, 0.717) is 6.04 Å². The second-order valence-electron chi connectivity index (χ2n) is 6.40. The van der Waals surface area contributed by atoms with Crippen LogP contribution in [0.1, 0.15) is 18.6 Å². The minimum atomic E-state index is -0.223. The van der Waals surface area contributed by atoms with Gasteiger partial charge in [0.1, 0.15) is 17.3 Å². The monoisotopic (exact) mass is 370 g/mol. The summed E-state index contributed by atoms with van der Waals surface area (Å²) >= 11 is 0. The van der Waals surface area contributed by atoms with Crippen LogP contribution in [0.5, 0.6) is 0 Å². The Morgan fingerprint density at radius 3 is 2.38 bits per heavy atom. The van der Waals surface area contributed by atoms with Crippen LogP contribution in [0.25, 0.3) is 11.3 Å². The number of hydrogen-bond donors (Lipinski definition) is 1. The highest BCUT2D eigenvalue weighted by molar-refractivity contribution is 5.57. The zero-order valence-corrected chi connectivity index (χ0v) is 14.9. The maximum atomic E-state index is 13.0. The van der Waals surface area contributed by atoms with Crippen LogP contribution in [-0.2, 0) is 6.54 Å². The molecule has 24 heavy (non-hydrogen) atoms. The SMILES string of the molecule is Fc1ccc(-c2ccc(CNC3CN4CCC3CC4)o2)cc1.[Cl-].[Cl-]. The molecule has 1 aromatic carbocycles. The number of furan rings is 1. The minimum Gasteiger partial charge on any atom is -1.00 e. The molecule has 3 saturated heterocycles. The Bertz CT molecular complexity index is 639. The topological polar surface area (TPSA) is 28.4 Å². The smallest absolute Gasteiger partial charge is 0.134 e. The van der Waals surface area contributed by atoms with E-state index in [1.165, 1.54) is 38.1 Å². The van der Waals surface area contributed by atoms with Crippen LogP contribution in [0.3, 0.4) is 0 Å². The molecular formula is C18H21Cl2FN2O-2. The predicted molar refractivity (Wildman–Crippen MR) is 83.9 cm³/mol. The fraction of sp³-hybridized carbons (Fsp3) is 0.444. The molecule has 3 aliphatic rings. The standard InChI is InChI=1S/C18H21FN2O.2ClH/c19-15-3-1-14(2-4-15)18-6-5-16(22-18)11-20-17-12-21-9-7-13(17)8-10-21;;/h1-6,13,17,20H,7-12H2;2*1H/p-2. The van der Waals surface area contributed by atoms with Gasteiger partial charge in [-0.2, -0.15) is 0 Å². The van der Waals surface area contributed by atoms with Gasteiger partial charge in [0.25, 0.3) is 0 Å². The summed E-state index contributed by atoms with van der Waals surface area (Å²) in [5, 5.41) is 3.65. The summed E-state index contributed by atoms with van der Waals surface area (Å²) in [7, 11) is 0. The fourth-order valence-electron chi connectivity index (χ4n) is 3.67. The van der Waals surface area contributed by atoms with Gasteiger partial charge in [-0.15, -0.1) is 0 Å². The van der Waals surface area contributed by atoms with Crippen molar-refractivity contribution in [1.82, 2.24) is 10.2 Å². The Kier molecular flexibility index (Phi) is 6.70. The highest BCUT2D eigenvalue weighted by atomic mass is 35.5. The number of rotatable bonds is 4. The summed E-state index contributed by atoms with van der Waals surface area (Å²) in [6.07, 6.45) is 2.63. The molecular weight excluding hydrogens is 350 g/mol. The zero-order chi connectivity index (χ0) is 14.9. The van der Waals surface area contributed by atoms with E-state index >= 15 is 0 Å². The molecule has 132 valence electrons. The minimum absolute atomic E-state index is 0. The molecule has 1 N–H and O–H groups in total. The number of hydrogen-bond acceptors (Lipinski definition) is 3. The average molecular weight is 371 g/mol. The van der Waals surface area contributed by atoms with Crippen molar-refractivity contribution in [2.24, 2.45) is 5.92 Å². The Morgan fingerprint density at radius 2 is 1.75 bits per heavy atom. The number of nitrogens with zero attached hydrogens (tertiary/aromatic N) is 1. The van der Waals surface area contributed by atoms with Crippen LogP contribution >= 0.6 is 0 Å². The molecule has 4 heterocycles. The number of nitrogens with one attached hydrogen (secondary N) is 1. The molecule has 3 fully saturated rings. The first kappa shape index (κ1) is 19.3. The van der Waals surface area contributed by atoms with Crippen LogP contribution in [0.2, 0.25) is 0 Å². The van der Waals surface area contributed by atoms with Crippen molar-refractivity contribution >= 4 is 0 Å². The van der Waals surface area contributed by atoms with Crippen LogP contribution < -0.4 is 30.1 Å². The van der Waals surface area contributed by atoms with Gasteiger partial charge in [-0.05, 0) is 68.2 Å². The molecule has 0 amide bonds. The summed E-state index contributed by atoms with van der Waals surface area (Å²) in [5.74, 6) is 2.33. The van der Waals surface area contributed by atoms with Gasteiger partial charge in [0.2, 0.25) is 0 Å². The molecule has 1 atom stereocenters. The van der Waals surface area contributed by atoms with Gasteiger partial charge in [-0.1, -0.05) is 0 Å². The average Bonchev–Trinajstić information content (AvgIpc) is 3.04. The number of benzene rings is 1. The van der Waals surface area contributed by atoms with Gasteiger partial charge in [-0.25, -0.2) is 4.39 Å². The molecule has 0 spiro atoms. The molecule has 1 aromatic heterocycles. The Balaban J connectivity index is 0.00000104. The molecule has 3 aliphatic heterocycles. The molecule has 1 unspecified atom stereocenters.